The fraction of sp³-hybridized carbons (Fsp3) is 0.278. The highest BCUT2D eigenvalue weighted by molar-refractivity contribution is 7.89. The van der Waals surface area contributed by atoms with Crippen LogP contribution in [-0.4, -0.2) is 54.6 Å². The molecule has 0 radical (unpaired) electrons. The Morgan fingerprint density at radius 2 is 1.76 bits per heavy atom. The lowest BCUT2D eigenvalue weighted by Crippen LogP contribution is -2.37. The van der Waals surface area contributed by atoms with E-state index >= 15 is 0 Å². The highest BCUT2D eigenvalue weighted by atomic mass is 35.5. The second kappa shape index (κ2) is 8.44. The third-order valence-corrected chi connectivity index (χ3v) is 6.81. The van der Waals surface area contributed by atoms with E-state index in [9.17, 15) is 27.7 Å². The van der Waals surface area contributed by atoms with Gasteiger partial charge in [-0.05, 0) is 36.8 Å². The molecular formula is C18H17ClFN3O5S. The van der Waals surface area contributed by atoms with E-state index in [0.717, 1.165) is 18.2 Å². The topological polar surface area (TPSA) is 101 Å². The van der Waals surface area contributed by atoms with E-state index < -0.39 is 26.7 Å². The van der Waals surface area contributed by atoms with E-state index in [2.05, 4.69) is 0 Å². The minimum Gasteiger partial charge on any atom is -0.337 e. The molecule has 1 aliphatic heterocycles. The summed E-state index contributed by atoms with van der Waals surface area (Å²) >= 11 is 6.03. The average Bonchev–Trinajstić information content (AvgIpc) is 2.94. The van der Waals surface area contributed by atoms with Crippen LogP contribution in [-0.2, 0) is 10.0 Å². The van der Waals surface area contributed by atoms with Gasteiger partial charge in [0.05, 0.1) is 20.4 Å². The SMILES string of the molecule is O=C(c1ccc([N+](=O)[O-])cc1Cl)N1CCCN(S(=O)(=O)c2ccc(F)cc2)CC1. The monoisotopic (exact) mass is 441 g/mol. The molecule has 0 bridgehead atoms. The summed E-state index contributed by atoms with van der Waals surface area (Å²) in [6.07, 6.45) is 0.400. The van der Waals surface area contributed by atoms with Gasteiger partial charge in [0.2, 0.25) is 10.0 Å². The lowest BCUT2D eigenvalue weighted by atomic mass is 10.1. The molecule has 2 aromatic carbocycles. The highest BCUT2D eigenvalue weighted by Gasteiger charge is 2.29. The van der Waals surface area contributed by atoms with Crippen molar-refractivity contribution in [1.82, 2.24) is 9.21 Å². The van der Waals surface area contributed by atoms with Crippen LogP contribution in [0.25, 0.3) is 0 Å². The van der Waals surface area contributed by atoms with Crippen LogP contribution in [0.1, 0.15) is 16.8 Å². The van der Waals surface area contributed by atoms with Crippen molar-refractivity contribution in [2.24, 2.45) is 0 Å². The molecule has 8 nitrogen and oxygen atoms in total. The number of hydrogen-bond donors (Lipinski definition) is 0. The maximum absolute atomic E-state index is 13.1. The molecule has 0 aromatic heterocycles. The van der Waals surface area contributed by atoms with E-state index in [4.69, 9.17) is 11.6 Å². The van der Waals surface area contributed by atoms with Gasteiger partial charge in [0.25, 0.3) is 11.6 Å². The predicted molar refractivity (Wildman–Crippen MR) is 104 cm³/mol. The Hall–Kier alpha value is -2.56. The van der Waals surface area contributed by atoms with Gasteiger partial charge >= 0.3 is 0 Å². The van der Waals surface area contributed by atoms with Gasteiger partial charge < -0.3 is 4.90 Å². The quantitative estimate of drug-likeness (QED) is 0.536. The summed E-state index contributed by atoms with van der Waals surface area (Å²) in [4.78, 5) is 24.4. The second-order valence-corrected chi connectivity index (χ2v) is 8.77. The zero-order valence-corrected chi connectivity index (χ0v) is 16.7. The summed E-state index contributed by atoms with van der Waals surface area (Å²) in [6.45, 7) is 0.710. The molecule has 2 aromatic rings. The highest BCUT2D eigenvalue weighted by Crippen LogP contribution is 2.25. The zero-order valence-electron chi connectivity index (χ0n) is 15.1. The summed E-state index contributed by atoms with van der Waals surface area (Å²) in [5, 5.41) is 10.8. The zero-order chi connectivity index (χ0) is 21.2. The fourth-order valence-electron chi connectivity index (χ4n) is 3.05. The maximum Gasteiger partial charge on any atom is 0.270 e. The number of nitrogens with zero attached hydrogens (tertiary/aromatic N) is 3. The average molecular weight is 442 g/mol. The summed E-state index contributed by atoms with van der Waals surface area (Å²) in [5.74, 6) is -0.956. The number of non-ortho nitro benzene ring substituents is 1. The van der Waals surface area contributed by atoms with E-state index in [0.29, 0.717) is 13.0 Å². The van der Waals surface area contributed by atoms with Gasteiger partial charge in [0.15, 0.2) is 0 Å². The van der Waals surface area contributed by atoms with Crippen LogP contribution in [0.3, 0.4) is 0 Å². The first-order valence-corrected chi connectivity index (χ1v) is 10.5. The molecule has 0 atom stereocenters. The molecule has 0 N–H and O–H groups in total. The van der Waals surface area contributed by atoms with Gasteiger partial charge in [0.1, 0.15) is 5.82 Å². The Kier molecular flexibility index (Phi) is 6.15. The second-order valence-electron chi connectivity index (χ2n) is 6.43. The molecule has 3 rings (SSSR count). The van der Waals surface area contributed by atoms with E-state index in [1.165, 1.54) is 33.5 Å². The molecule has 1 amide bonds. The predicted octanol–water partition coefficient (Wildman–Crippen LogP) is 2.92. The van der Waals surface area contributed by atoms with Gasteiger partial charge in [-0.15, -0.1) is 0 Å². The Morgan fingerprint density at radius 3 is 2.38 bits per heavy atom. The number of carbonyl (C=O) groups is 1. The largest absolute Gasteiger partial charge is 0.337 e. The molecule has 154 valence electrons. The van der Waals surface area contributed by atoms with Gasteiger partial charge in [-0.3, -0.25) is 14.9 Å². The van der Waals surface area contributed by atoms with E-state index in [-0.39, 0.29) is 40.8 Å². The third-order valence-electron chi connectivity index (χ3n) is 4.59. The van der Waals surface area contributed by atoms with Crippen LogP contribution >= 0.6 is 11.6 Å². The molecule has 0 aliphatic carbocycles. The Balaban J connectivity index is 1.75. The van der Waals surface area contributed by atoms with Crippen molar-refractivity contribution in [2.75, 3.05) is 26.2 Å². The molecule has 0 spiro atoms. The van der Waals surface area contributed by atoms with Gasteiger partial charge in [-0.2, -0.15) is 4.31 Å². The van der Waals surface area contributed by atoms with Crippen molar-refractivity contribution in [3.8, 4) is 0 Å². The lowest BCUT2D eigenvalue weighted by molar-refractivity contribution is -0.384. The van der Waals surface area contributed by atoms with Crippen molar-refractivity contribution in [3.63, 3.8) is 0 Å². The fourth-order valence-corrected chi connectivity index (χ4v) is 4.78. The number of hydrogen-bond acceptors (Lipinski definition) is 5. The van der Waals surface area contributed by atoms with Gasteiger partial charge in [-0.1, -0.05) is 11.6 Å². The molecule has 1 saturated heterocycles. The Bertz CT molecular complexity index is 1050. The van der Waals surface area contributed by atoms with Gasteiger partial charge in [0, 0.05) is 38.3 Å². The molecular weight excluding hydrogens is 425 g/mol. The number of nitro benzene ring substituents is 1. The molecule has 0 saturated carbocycles. The Morgan fingerprint density at radius 1 is 1.07 bits per heavy atom. The van der Waals surface area contributed by atoms with E-state index in [1.807, 2.05) is 0 Å². The van der Waals surface area contributed by atoms with Gasteiger partial charge in [-0.25, -0.2) is 12.8 Å². The van der Waals surface area contributed by atoms with Crippen LogP contribution in [0.15, 0.2) is 47.4 Å². The van der Waals surface area contributed by atoms with Crippen molar-refractivity contribution in [3.05, 3.63) is 69.0 Å². The van der Waals surface area contributed by atoms with Crippen molar-refractivity contribution < 1.29 is 22.5 Å². The number of halogens is 2. The molecule has 1 fully saturated rings. The maximum atomic E-state index is 13.1. The van der Waals surface area contributed by atoms with Crippen molar-refractivity contribution in [2.45, 2.75) is 11.3 Å². The first kappa shape index (κ1) is 21.2. The lowest BCUT2D eigenvalue weighted by Gasteiger charge is -2.22. The van der Waals surface area contributed by atoms with Crippen LogP contribution in [0.4, 0.5) is 10.1 Å². The summed E-state index contributed by atoms with van der Waals surface area (Å²) in [6, 6.07) is 8.17. The normalized spacial score (nSPS) is 15.7. The minimum absolute atomic E-state index is 0.0166. The smallest absolute Gasteiger partial charge is 0.270 e. The van der Waals surface area contributed by atoms with Crippen LogP contribution < -0.4 is 0 Å². The number of carbonyl (C=O) groups excluding carboxylic acids is 1. The number of benzene rings is 2. The first-order chi connectivity index (χ1) is 13.7. The number of rotatable bonds is 4. The summed E-state index contributed by atoms with van der Waals surface area (Å²) in [7, 11) is -3.81. The summed E-state index contributed by atoms with van der Waals surface area (Å²) in [5.41, 5.74) is -0.105. The molecule has 11 heteroatoms. The Labute approximate surface area is 171 Å². The van der Waals surface area contributed by atoms with Crippen LogP contribution in [0, 0.1) is 15.9 Å². The third kappa shape index (κ3) is 4.55. The van der Waals surface area contributed by atoms with Crippen LogP contribution in [0.5, 0.6) is 0 Å². The first-order valence-electron chi connectivity index (χ1n) is 8.69. The minimum atomic E-state index is -3.81. The number of nitro groups is 1. The summed E-state index contributed by atoms with van der Waals surface area (Å²) < 4.78 is 39.9. The molecule has 1 aliphatic rings. The molecule has 29 heavy (non-hydrogen) atoms. The van der Waals surface area contributed by atoms with Crippen molar-refractivity contribution >= 4 is 33.2 Å². The molecule has 1 heterocycles. The standard InChI is InChI=1S/C18H17ClFN3O5S/c19-17-12-14(23(25)26)4-7-16(17)18(24)21-8-1-9-22(11-10-21)29(27,28)15-5-2-13(20)3-6-15/h2-7,12H,1,8-11H2. The number of sulfonamides is 1. The molecule has 0 unspecified atom stereocenters. The number of amides is 1. The van der Waals surface area contributed by atoms with E-state index in [1.54, 1.807) is 0 Å². The van der Waals surface area contributed by atoms with Crippen LogP contribution in [0.2, 0.25) is 5.02 Å². The van der Waals surface area contributed by atoms with Crippen molar-refractivity contribution in [1.29, 1.82) is 0 Å².